The largest absolute Gasteiger partial charge is 0.389 e. The van der Waals surface area contributed by atoms with Gasteiger partial charge >= 0.3 is 0 Å². The average Bonchev–Trinajstić information content (AvgIpc) is 2.60. The van der Waals surface area contributed by atoms with Gasteiger partial charge in [-0.25, -0.2) is 0 Å². The van der Waals surface area contributed by atoms with Crippen molar-refractivity contribution in [3.8, 4) is 0 Å². The van der Waals surface area contributed by atoms with Crippen LogP contribution in [0.15, 0.2) is 11.1 Å². The van der Waals surface area contributed by atoms with Crippen LogP contribution in [0.4, 0.5) is 0 Å². The zero-order valence-electron chi connectivity index (χ0n) is 19.4. The van der Waals surface area contributed by atoms with E-state index >= 15 is 0 Å². The van der Waals surface area contributed by atoms with E-state index in [2.05, 4.69) is 48.5 Å². The van der Waals surface area contributed by atoms with Crippen molar-refractivity contribution in [1.29, 1.82) is 0 Å². The Kier molecular flexibility index (Phi) is 5.98. The molecule has 5 heteroatoms. The second kappa shape index (κ2) is 7.11. The topological polar surface area (TPSA) is 66.8 Å². The second-order valence-corrected chi connectivity index (χ2v) is 11.3. The van der Waals surface area contributed by atoms with Crippen LogP contribution < -0.4 is 0 Å². The number of carbonyl (C=O) groups is 1. The molecule has 2 bridgehead atoms. The molecule has 2 N–H and O–H groups in total. The van der Waals surface area contributed by atoms with Gasteiger partial charge in [-0.05, 0) is 37.5 Å². The average molecular weight is 618 g/mol. The minimum absolute atomic E-state index is 0. The Morgan fingerprint density at radius 1 is 1.07 bits per heavy atom. The summed E-state index contributed by atoms with van der Waals surface area (Å²) < 4.78 is 5.76. The summed E-state index contributed by atoms with van der Waals surface area (Å²) in [6, 6.07) is 0. The number of aliphatic hydroxyl groups is 2. The quantitative estimate of drug-likeness (QED) is 0.407. The van der Waals surface area contributed by atoms with Crippen molar-refractivity contribution in [2.75, 3.05) is 6.61 Å². The molecule has 0 aromatic heterocycles. The third-order valence-corrected chi connectivity index (χ3v) is 10.00. The van der Waals surface area contributed by atoms with E-state index in [1.54, 1.807) is 0 Å². The Balaban J connectivity index is 0.00000240. The van der Waals surface area contributed by atoms with Crippen LogP contribution in [0.3, 0.4) is 0 Å². The molecular formula is C24H38AcO4. The van der Waals surface area contributed by atoms with E-state index in [4.69, 9.17) is 4.74 Å². The molecule has 1 radical (unpaired) electrons. The molecule has 0 aromatic rings. The third kappa shape index (κ3) is 2.73. The predicted molar refractivity (Wildman–Crippen MR) is 109 cm³/mol. The Hall–Kier alpha value is 0.732. The van der Waals surface area contributed by atoms with Gasteiger partial charge in [-0.2, -0.15) is 0 Å². The fraction of sp³-hybridized carbons (Fsp3) is 0.875. The molecule has 3 fully saturated rings. The van der Waals surface area contributed by atoms with E-state index in [-0.39, 0.29) is 92.1 Å². The van der Waals surface area contributed by atoms with Crippen LogP contribution >= 0.6 is 0 Å². The molecule has 1 saturated heterocycles. The van der Waals surface area contributed by atoms with Gasteiger partial charge < -0.3 is 14.9 Å². The van der Waals surface area contributed by atoms with Crippen molar-refractivity contribution in [2.24, 2.45) is 40.4 Å². The molecule has 1 heterocycles. The molecule has 0 spiro atoms. The number of ether oxygens (including phenoxy) is 1. The first kappa shape index (κ1) is 24.4. The number of hydrogen-bond acceptors (Lipinski definition) is 4. The summed E-state index contributed by atoms with van der Waals surface area (Å²) in [6.45, 7) is 17.1. The van der Waals surface area contributed by atoms with Gasteiger partial charge in [-0.3, -0.25) is 4.79 Å². The van der Waals surface area contributed by atoms with Gasteiger partial charge in [0.05, 0.1) is 18.3 Å². The van der Waals surface area contributed by atoms with Gasteiger partial charge in [-0.15, -0.1) is 0 Å². The van der Waals surface area contributed by atoms with Gasteiger partial charge in [-0.1, -0.05) is 59.6 Å². The van der Waals surface area contributed by atoms with E-state index in [9.17, 15) is 15.0 Å². The van der Waals surface area contributed by atoms with Crippen LogP contribution in [0.2, 0.25) is 0 Å². The van der Waals surface area contributed by atoms with Crippen molar-refractivity contribution in [3.05, 3.63) is 11.1 Å². The number of Topliss-reactive ketones (excluding diaryl/α,β-unsaturated/α-hetero) is 1. The summed E-state index contributed by atoms with van der Waals surface area (Å²) >= 11 is 0. The fourth-order valence-corrected chi connectivity index (χ4v) is 8.05. The Labute approximate surface area is 211 Å². The molecule has 161 valence electrons. The summed E-state index contributed by atoms with van der Waals surface area (Å²) in [5.41, 5.74) is -0.817. The molecule has 3 aliphatic carbocycles. The molecule has 4 rings (SSSR count). The van der Waals surface area contributed by atoms with Crippen molar-refractivity contribution >= 4 is 5.78 Å². The minimum atomic E-state index is -1.03. The number of rotatable bonds is 0. The van der Waals surface area contributed by atoms with E-state index in [0.717, 1.165) is 5.57 Å². The van der Waals surface area contributed by atoms with Gasteiger partial charge in [0.15, 0.2) is 0 Å². The zero-order valence-corrected chi connectivity index (χ0v) is 24.1. The molecule has 9 atom stereocenters. The number of hydrogen-bond donors (Lipinski definition) is 2. The standard InChI is InChI=1S/C24H38O4.Ac/c1-12-10-24(27)16(5)19-22(8,13(2)9-17-23(19,26)11-28-17)20(25)15(4)18(14(12)3)21(24,6)7;/h12-13,15-17,19,26-27H,9-11H2,1-8H3;. The van der Waals surface area contributed by atoms with Crippen molar-refractivity contribution in [1.82, 2.24) is 0 Å². The Morgan fingerprint density at radius 3 is 2.17 bits per heavy atom. The molecule has 0 aromatic carbocycles. The SMILES string of the molecule is CC1=C2C(C)C(=O)C3(C)C(C)CC4OCC4(O)C3C(C)C(O)(CC1C)C2(C)C.[Ac]. The van der Waals surface area contributed by atoms with Gasteiger partial charge in [0.2, 0.25) is 0 Å². The summed E-state index contributed by atoms with van der Waals surface area (Å²) in [5.74, 6) is -0.229. The van der Waals surface area contributed by atoms with Crippen LogP contribution in [-0.2, 0) is 9.53 Å². The Morgan fingerprint density at radius 2 is 1.66 bits per heavy atom. The summed E-state index contributed by atoms with van der Waals surface area (Å²) in [4.78, 5) is 14.1. The molecule has 4 aliphatic rings. The first-order valence-corrected chi connectivity index (χ1v) is 11.1. The van der Waals surface area contributed by atoms with Gasteiger partial charge in [0.25, 0.3) is 0 Å². The minimum Gasteiger partial charge on any atom is -0.389 e. The molecule has 29 heavy (non-hydrogen) atoms. The first-order chi connectivity index (χ1) is 12.7. The van der Waals surface area contributed by atoms with E-state index in [1.165, 1.54) is 5.57 Å². The first-order valence-electron chi connectivity index (χ1n) is 11.1. The van der Waals surface area contributed by atoms with E-state index in [0.29, 0.717) is 12.8 Å². The molecule has 1 aliphatic heterocycles. The molecule has 2 saturated carbocycles. The number of fused-ring (bicyclic) bond motifs is 5. The maximum atomic E-state index is 14.1. The van der Waals surface area contributed by atoms with Gasteiger partial charge in [0.1, 0.15) is 11.4 Å². The number of carbonyl (C=O) groups excluding carboxylic acids is 1. The van der Waals surface area contributed by atoms with Crippen molar-refractivity contribution in [3.63, 3.8) is 0 Å². The predicted octanol–water partition coefficient (Wildman–Crippen LogP) is 3.75. The molecular weight excluding hydrogens is 579 g/mol. The number of allylic oxidation sites excluding steroid dienone is 1. The monoisotopic (exact) mass is 617 g/mol. The normalized spacial score (nSPS) is 53.7. The van der Waals surface area contributed by atoms with E-state index < -0.39 is 22.0 Å². The van der Waals surface area contributed by atoms with Crippen molar-refractivity contribution < 1.29 is 63.8 Å². The van der Waals surface area contributed by atoms with Gasteiger partial charge in [0, 0.05) is 66.7 Å². The van der Waals surface area contributed by atoms with Crippen LogP contribution in [-0.4, -0.2) is 39.9 Å². The third-order valence-electron chi connectivity index (χ3n) is 10.00. The van der Waals surface area contributed by atoms with Crippen molar-refractivity contribution in [2.45, 2.75) is 85.5 Å². The summed E-state index contributed by atoms with van der Waals surface area (Å²) in [6.07, 6.45) is 1.14. The van der Waals surface area contributed by atoms with Crippen LogP contribution in [0.5, 0.6) is 0 Å². The summed E-state index contributed by atoms with van der Waals surface area (Å²) in [5, 5.41) is 24.0. The molecule has 4 nitrogen and oxygen atoms in total. The molecule has 0 amide bonds. The summed E-state index contributed by atoms with van der Waals surface area (Å²) in [7, 11) is 0. The number of ketones is 1. The smallest absolute Gasteiger partial charge is 0.146 e. The maximum Gasteiger partial charge on any atom is 0.146 e. The van der Waals surface area contributed by atoms with Crippen LogP contribution in [0.1, 0.15) is 68.2 Å². The van der Waals surface area contributed by atoms with E-state index in [1.807, 2.05) is 6.92 Å². The Bertz CT molecular complexity index is 760. The zero-order chi connectivity index (χ0) is 21.0. The maximum absolute atomic E-state index is 14.1. The van der Waals surface area contributed by atoms with Crippen LogP contribution in [0, 0.1) is 84.5 Å². The fourth-order valence-electron chi connectivity index (χ4n) is 8.05. The van der Waals surface area contributed by atoms with Crippen LogP contribution in [0.25, 0.3) is 0 Å². The second-order valence-electron chi connectivity index (χ2n) is 11.3. The molecule has 9 unspecified atom stereocenters.